The van der Waals surface area contributed by atoms with Crippen LogP contribution in [0.2, 0.25) is 0 Å². The van der Waals surface area contributed by atoms with Crippen LogP contribution in [-0.4, -0.2) is 40.9 Å². The number of amides is 1. The normalized spacial score (nSPS) is 25.1. The average Bonchev–Trinajstić information content (AvgIpc) is 3.17. The standard InChI is InChI=1S/C19H26N6O/c1-11-6-12(2)8-14(7-11)25-13(3)9-17(24-25)21-19(26)18-15-10-20-5-4-16(15)22-23-18/h6-9,15-16,18,20,22-23H,4-5,10H2,1-3H3,(H,21,24,26). The maximum atomic E-state index is 12.7. The summed E-state index contributed by atoms with van der Waals surface area (Å²) in [5, 5.41) is 10.9. The lowest BCUT2D eigenvalue weighted by Crippen LogP contribution is -2.47. The van der Waals surface area contributed by atoms with Gasteiger partial charge in [-0.25, -0.2) is 10.1 Å². The SMILES string of the molecule is Cc1cc(C)cc(-n2nc(NC(=O)C3NNC4CCNCC43)cc2C)c1. The lowest BCUT2D eigenvalue weighted by atomic mass is 9.89. The molecule has 2 aliphatic rings. The Bertz CT molecular complexity index is 809. The average molecular weight is 354 g/mol. The third-order valence-electron chi connectivity index (χ3n) is 5.25. The Morgan fingerprint density at radius 2 is 1.92 bits per heavy atom. The largest absolute Gasteiger partial charge is 0.316 e. The van der Waals surface area contributed by atoms with Gasteiger partial charge in [-0.15, -0.1) is 5.10 Å². The van der Waals surface area contributed by atoms with Crippen molar-refractivity contribution in [3.63, 3.8) is 0 Å². The van der Waals surface area contributed by atoms with Crippen LogP contribution >= 0.6 is 0 Å². The van der Waals surface area contributed by atoms with Gasteiger partial charge in [0.2, 0.25) is 5.91 Å². The molecule has 2 fully saturated rings. The predicted octanol–water partition coefficient (Wildman–Crippen LogP) is 1.19. The zero-order valence-corrected chi connectivity index (χ0v) is 15.5. The van der Waals surface area contributed by atoms with E-state index >= 15 is 0 Å². The highest BCUT2D eigenvalue weighted by Gasteiger charge is 2.41. The van der Waals surface area contributed by atoms with Gasteiger partial charge >= 0.3 is 0 Å². The van der Waals surface area contributed by atoms with E-state index in [0.29, 0.717) is 11.9 Å². The summed E-state index contributed by atoms with van der Waals surface area (Å²) < 4.78 is 1.88. The van der Waals surface area contributed by atoms with Crippen LogP contribution < -0.4 is 21.5 Å². The van der Waals surface area contributed by atoms with Crippen molar-refractivity contribution in [1.82, 2.24) is 25.9 Å². The number of aromatic nitrogens is 2. The Balaban J connectivity index is 1.51. The van der Waals surface area contributed by atoms with Crippen LogP contribution in [0.15, 0.2) is 24.3 Å². The van der Waals surface area contributed by atoms with E-state index in [-0.39, 0.29) is 17.9 Å². The number of anilines is 1. The minimum absolute atomic E-state index is 0.0428. The molecule has 3 atom stereocenters. The zero-order chi connectivity index (χ0) is 18.3. The molecular formula is C19H26N6O. The van der Waals surface area contributed by atoms with Crippen LogP contribution in [0.5, 0.6) is 0 Å². The van der Waals surface area contributed by atoms with Crippen molar-refractivity contribution in [2.45, 2.75) is 39.3 Å². The van der Waals surface area contributed by atoms with Crippen molar-refractivity contribution in [1.29, 1.82) is 0 Å². The highest BCUT2D eigenvalue weighted by molar-refractivity contribution is 5.94. The summed E-state index contributed by atoms with van der Waals surface area (Å²) in [5.41, 5.74) is 10.8. The molecule has 1 aromatic heterocycles. The summed E-state index contributed by atoms with van der Waals surface area (Å²) in [5.74, 6) is 0.797. The Morgan fingerprint density at radius 3 is 2.69 bits per heavy atom. The number of aryl methyl sites for hydroxylation is 3. The van der Waals surface area contributed by atoms with Crippen molar-refractivity contribution >= 4 is 11.7 Å². The quantitative estimate of drug-likeness (QED) is 0.666. The highest BCUT2D eigenvalue weighted by atomic mass is 16.2. The van der Waals surface area contributed by atoms with Gasteiger partial charge in [-0.05, 0) is 57.0 Å². The Morgan fingerprint density at radius 1 is 1.15 bits per heavy atom. The van der Waals surface area contributed by atoms with Crippen molar-refractivity contribution in [2.24, 2.45) is 5.92 Å². The number of carbonyl (C=O) groups excluding carboxylic acids is 1. The predicted molar refractivity (Wildman–Crippen MR) is 101 cm³/mol. The van der Waals surface area contributed by atoms with Gasteiger partial charge in [0.05, 0.1) is 5.69 Å². The van der Waals surface area contributed by atoms with Gasteiger partial charge in [0.15, 0.2) is 5.82 Å². The van der Waals surface area contributed by atoms with Gasteiger partial charge in [-0.2, -0.15) is 0 Å². The number of carbonyl (C=O) groups is 1. The maximum Gasteiger partial charge on any atom is 0.244 e. The van der Waals surface area contributed by atoms with Gasteiger partial charge in [0, 0.05) is 30.3 Å². The number of benzene rings is 1. The van der Waals surface area contributed by atoms with Crippen LogP contribution in [0, 0.1) is 26.7 Å². The van der Waals surface area contributed by atoms with Crippen LogP contribution in [0.25, 0.3) is 5.69 Å². The van der Waals surface area contributed by atoms with Gasteiger partial charge in [0.25, 0.3) is 0 Å². The van der Waals surface area contributed by atoms with Crippen LogP contribution in [-0.2, 0) is 4.79 Å². The van der Waals surface area contributed by atoms with E-state index in [1.807, 2.05) is 17.7 Å². The number of rotatable bonds is 3. The molecule has 2 aromatic rings. The van der Waals surface area contributed by atoms with E-state index in [2.05, 4.69) is 58.6 Å². The van der Waals surface area contributed by atoms with Crippen LogP contribution in [0.3, 0.4) is 0 Å². The van der Waals surface area contributed by atoms with E-state index in [1.165, 1.54) is 11.1 Å². The molecule has 26 heavy (non-hydrogen) atoms. The molecule has 7 nitrogen and oxygen atoms in total. The van der Waals surface area contributed by atoms with Gasteiger partial charge in [0.1, 0.15) is 6.04 Å². The fourth-order valence-corrected chi connectivity index (χ4v) is 4.05. The monoisotopic (exact) mass is 354 g/mol. The second-order valence-corrected chi connectivity index (χ2v) is 7.45. The first-order valence-corrected chi connectivity index (χ1v) is 9.19. The molecule has 4 rings (SSSR count). The number of hydrogen-bond acceptors (Lipinski definition) is 5. The second kappa shape index (κ2) is 6.83. The van der Waals surface area contributed by atoms with Crippen molar-refractivity contribution < 1.29 is 4.79 Å². The molecule has 0 bridgehead atoms. The molecule has 4 N–H and O–H groups in total. The van der Waals surface area contributed by atoms with Crippen LogP contribution in [0.4, 0.5) is 5.82 Å². The van der Waals surface area contributed by atoms with Crippen molar-refractivity contribution in [3.8, 4) is 5.69 Å². The summed E-state index contributed by atoms with van der Waals surface area (Å²) in [6, 6.07) is 8.34. The summed E-state index contributed by atoms with van der Waals surface area (Å²) in [6.07, 6.45) is 1.03. The first-order valence-electron chi connectivity index (χ1n) is 9.19. The zero-order valence-electron chi connectivity index (χ0n) is 15.5. The van der Waals surface area contributed by atoms with Gasteiger partial charge in [-0.1, -0.05) is 6.07 Å². The highest BCUT2D eigenvalue weighted by Crippen LogP contribution is 2.22. The second-order valence-electron chi connectivity index (χ2n) is 7.45. The fraction of sp³-hybridized carbons (Fsp3) is 0.474. The van der Waals surface area contributed by atoms with Crippen molar-refractivity contribution in [2.75, 3.05) is 18.4 Å². The minimum Gasteiger partial charge on any atom is -0.316 e. The molecule has 0 radical (unpaired) electrons. The molecule has 138 valence electrons. The Kier molecular flexibility index (Phi) is 4.52. The van der Waals surface area contributed by atoms with Gasteiger partial charge in [-0.3, -0.25) is 10.2 Å². The third kappa shape index (κ3) is 3.25. The van der Waals surface area contributed by atoms with E-state index in [0.717, 1.165) is 30.9 Å². The molecule has 1 aromatic carbocycles. The Labute approximate surface area is 153 Å². The lowest BCUT2D eigenvalue weighted by Gasteiger charge is -2.27. The summed E-state index contributed by atoms with van der Waals surface area (Å²) in [7, 11) is 0. The number of piperidine rings is 1. The summed E-state index contributed by atoms with van der Waals surface area (Å²) in [4.78, 5) is 12.7. The van der Waals surface area contributed by atoms with E-state index in [4.69, 9.17) is 0 Å². The van der Waals surface area contributed by atoms with Gasteiger partial charge < -0.3 is 10.6 Å². The molecule has 0 spiro atoms. The number of hydrogen-bond donors (Lipinski definition) is 4. The topological polar surface area (TPSA) is 83.0 Å². The van der Waals surface area contributed by atoms with Crippen molar-refractivity contribution in [3.05, 3.63) is 41.1 Å². The molecule has 0 saturated carbocycles. The van der Waals surface area contributed by atoms with E-state index in [1.54, 1.807) is 0 Å². The Hall–Kier alpha value is -2.22. The molecular weight excluding hydrogens is 328 g/mol. The molecule has 2 aliphatic heterocycles. The smallest absolute Gasteiger partial charge is 0.244 e. The molecule has 3 unspecified atom stereocenters. The molecule has 1 amide bonds. The molecule has 2 saturated heterocycles. The van der Waals surface area contributed by atoms with E-state index < -0.39 is 0 Å². The number of hydrazine groups is 1. The first-order chi connectivity index (χ1) is 12.5. The third-order valence-corrected chi connectivity index (χ3v) is 5.25. The lowest BCUT2D eigenvalue weighted by molar-refractivity contribution is -0.118. The molecule has 0 aliphatic carbocycles. The molecule has 7 heteroatoms. The number of fused-ring (bicyclic) bond motifs is 1. The summed E-state index contributed by atoms with van der Waals surface area (Å²) >= 11 is 0. The minimum atomic E-state index is -0.250. The fourth-order valence-electron chi connectivity index (χ4n) is 4.05. The first kappa shape index (κ1) is 17.2. The molecule has 3 heterocycles. The van der Waals surface area contributed by atoms with Crippen LogP contribution in [0.1, 0.15) is 23.2 Å². The van der Waals surface area contributed by atoms with E-state index in [9.17, 15) is 4.79 Å². The summed E-state index contributed by atoms with van der Waals surface area (Å²) in [6.45, 7) is 7.98. The number of nitrogens with zero attached hydrogens (tertiary/aromatic N) is 2. The maximum absolute atomic E-state index is 12.7. The number of nitrogens with one attached hydrogen (secondary N) is 4.